The molecule has 4 aromatic heterocycles. The SMILES string of the molecule is O=C(O)C(F)(F)F.c1csc(-c2ccc3nc(C4CCCN(Cc5ccoc5)C4)nn3c2)c1. The molecule has 11 heteroatoms. The lowest BCUT2D eigenvalue weighted by Crippen LogP contribution is -2.34. The van der Waals surface area contributed by atoms with Crippen LogP contribution < -0.4 is 0 Å². The highest BCUT2D eigenvalue weighted by Gasteiger charge is 2.38. The third kappa shape index (κ3) is 5.79. The molecule has 4 aromatic rings. The summed E-state index contributed by atoms with van der Waals surface area (Å²) in [6.07, 6.45) is 2.91. The molecule has 1 unspecified atom stereocenters. The Labute approximate surface area is 191 Å². The van der Waals surface area contributed by atoms with Crippen LogP contribution in [0.15, 0.2) is 58.9 Å². The van der Waals surface area contributed by atoms with Crippen molar-refractivity contribution < 1.29 is 27.5 Å². The van der Waals surface area contributed by atoms with E-state index in [4.69, 9.17) is 24.4 Å². The number of nitrogens with zero attached hydrogens (tertiary/aromatic N) is 4. The number of pyridine rings is 1. The Balaban J connectivity index is 0.000000325. The number of aromatic nitrogens is 3. The fraction of sp³-hybridized carbons (Fsp3) is 0.318. The van der Waals surface area contributed by atoms with Crippen LogP contribution in [0.3, 0.4) is 0 Å². The van der Waals surface area contributed by atoms with Crippen LogP contribution in [0.1, 0.15) is 30.1 Å². The number of thiophene rings is 1. The van der Waals surface area contributed by atoms with E-state index in [0.717, 1.165) is 37.5 Å². The summed E-state index contributed by atoms with van der Waals surface area (Å²) in [4.78, 5) is 17.4. The van der Waals surface area contributed by atoms with Crippen LogP contribution in [0, 0.1) is 0 Å². The topological polar surface area (TPSA) is 83.9 Å². The van der Waals surface area contributed by atoms with Gasteiger partial charge in [-0.05, 0) is 49.0 Å². The minimum absolute atomic E-state index is 0.390. The second-order valence-corrected chi connectivity index (χ2v) is 8.62. The number of furan rings is 1. The van der Waals surface area contributed by atoms with E-state index in [1.54, 1.807) is 17.6 Å². The number of fused-ring (bicyclic) bond motifs is 1. The van der Waals surface area contributed by atoms with E-state index >= 15 is 0 Å². The minimum atomic E-state index is -5.08. The smallest absolute Gasteiger partial charge is 0.475 e. The normalized spacial score (nSPS) is 17.0. The van der Waals surface area contributed by atoms with E-state index in [0.29, 0.717) is 5.92 Å². The zero-order valence-corrected chi connectivity index (χ0v) is 18.2. The number of alkyl halides is 3. The van der Waals surface area contributed by atoms with Crippen LogP contribution >= 0.6 is 11.3 Å². The van der Waals surface area contributed by atoms with Gasteiger partial charge in [0.05, 0.1) is 12.5 Å². The molecule has 1 atom stereocenters. The highest BCUT2D eigenvalue weighted by atomic mass is 32.1. The molecule has 1 saturated heterocycles. The Hall–Kier alpha value is -3.18. The van der Waals surface area contributed by atoms with Gasteiger partial charge in [0.25, 0.3) is 0 Å². The summed E-state index contributed by atoms with van der Waals surface area (Å²) >= 11 is 1.75. The monoisotopic (exact) mass is 478 g/mol. The highest BCUT2D eigenvalue weighted by Crippen LogP contribution is 2.28. The fourth-order valence-electron chi connectivity index (χ4n) is 3.71. The summed E-state index contributed by atoms with van der Waals surface area (Å²) in [6, 6.07) is 10.5. The van der Waals surface area contributed by atoms with Crippen molar-refractivity contribution in [2.45, 2.75) is 31.5 Å². The Morgan fingerprint density at radius 2 is 2.09 bits per heavy atom. The highest BCUT2D eigenvalue weighted by molar-refractivity contribution is 7.13. The molecule has 0 saturated carbocycles. The summed E-state index contributed by atoms with van der Waals surface area (Å²) in [5, 5.41) is 14.0. The molecule has 0 amide bonds. The summed E-state index contributed by atoms with van der Waals surface area (Å²) in [5.41, 5.74) is 3.34. The van der Waals surface area contributed by atoms with Gasteiger partial charge in [0.15, 0.2) is 11.5 Å². The second kappa shape index (κ2) is 9.75. The number of hydrogen-bond acceptors (Lipinski definition) is 6. The van der Waals surface area contributed by atoms with Crippen LogP contribution in [-0.4, -0.2) is 49.8 Å². The van der Waals surface area contributed by atoms with Crippen LogP contribution in [0.25, 0.3) is 16.1 Å². The van der Waals surface area contributed by atoms with Gasteiger partial charge in [0, 0.05) is 41.2 Å². The molecule has 5 rings (SSSR count). The van der Waals surface area contributed by atoms with E-state index in [9.17, 15) is 13.2 Å². The largest absolute Gasteiger partial charge is 0.490 e. The van der Waals surface area contributed by atoms with Gasteiger partial charge in [-0.3, -0.25) is 4.90 Å². The molecule has 0 radical (unpaired) electrons. The number of carboxylic acids is 1. The minimum Gasteiger partial charge on any atom is -0.475 e. The van der Waals surface area contributed by atoms with E-state index < -0.39 is 12.1 Å². The molecule has 0 bridgehead atoms. The first-order valence-corrected chi connectivity index (χ1v) is 11.1. The van der Waals surface area contributed by atoms with Gasteiger partial charge in [-0.15, -0.1) is 11.3 Å². The van der Waals surface area contributed by atoms with Gasteiger partial charge in [0.2, 0.25) is 0 Å². The molecule has 5 heterocycles. The van der Waals surface area contributed by atoms with E-state index in [-0.39, 0.29) is 0 Å². The maximum Gasteiger partial charge on any atom is 0.490 e. The Kier molecular flexibility index (Phi) is 6.80. The average molecular weight is 478 g/mol. The van der Waals surface area contributed by atoms with E-state index in [2.05, 4.69) is 40.7 Å². The molecule has 33 heavy (non-hydrogen) atoms. The number of halogens is 3. The molecule has 0 aliphatic carbocycles. The van der Waals surface area contributed by atoms with Crippen LogP contribution in [0.2, 0.25) is 0 Å². The van der Waals surface area contributed by atoms with Crippen LogP contribution in [0.5, 0.6) is 0 Å². The molecular weight excluding hydrogens is 457 g/mol. The fourth-order valence-corrected chi connectivity index (χ4v) is 4.43. The lowest BCUT2D eigenvalue weighted by atomic mass is 9.97. The van der Waals surface area contributed by atoms with Crippen molar-refractivity contribution in [1.29, 1.82) is 0 Å². The molecule has 0 spiro atoms. The predicted molar refractivity (Wildman–Crippen MR) is 116 cm³/mol. The predicted octanol–water partition coefficient (Wildman–Crippen LogP) is 5.06. The van der Waals surface area contributed by atoms with Crippen molar-refractivity contribution in [2.75, 3.05) is 13.1 Å². The summed E-state index contributed by atoms with van der Waals surface area (Å²) in [7, 11) is 0. The lowest BCUT2D eigenvalue weighted by Gasteiger charge is -2.30. The number of aliphatic carboxylic acids is 1. The Morgan fingerprint density at radius 3 is 2.76 bits per heavy atom. The van der Waals surface area contributed by atoms with Gasteiger partial charge in [-0.25, -0.2) is 14.3 Å². The summed E-state index contributed by atoms with van der Waals surface area (Å²) in [5.74, 6) is -1.40. The van der Waals surface area contributed by atoms with Crippen molar-refractivity contribution in [3.8, 4) is 10.4 Å². The first-order chi connectivity index (χ1) is 15.8. The molecule has 174 valence electrons. The average Bonchev–Trinajstić information content (AvgIpc) is 3.54. The van der Waals surface area contributed by atoms with Crippen molar-refractivity contribution in [3.63, 3.8) is 0 Å². The summed E-state index contributed by atoms with van der Waals surface area (Å²) < 4.78 is 38.9. The number of hydrogen-bond donors (Lipinski definition) is 1. The van der Waals surface area contributed by atoms with Gasteiger partial charge in [0.1, 0.15) is 0 Å². The first kappa shape index (κ1) is 23.0. The third-order valence-corrected chi connectivity index (χ3v) is 6.17. The summed E-state index contributed by atoms with van der Waals surface area (Å²) in [6.45, 7) is 3.06. The number of piperidine rings is 1. The van der Waals surface area contributed by atoms with Gasteiger partial charge >= 0.3 is 12.1 Å². The Bertz CT molecular complexity index is 1190. The Morgan fingerprint density at radius 1 is 1.27 bits per heavy atom. The van der Waals surface area contributed by atoms with Crippen molar-refractivity contribution in [3.05, 3.63) is 65.8 Å². The number of likely N-dealkylation sites (tertiary alicyclic amines) is 1. The molecule has 1 aliphatic heterocycles. The van der Waals surface area contributed by atoms with Crippen molar-refractivity contribution >= 4 is 23.0 Å². The standard InChI is InChI=1S/C20H20N4OS.C2HF3O2/c1-3-17(12-23(8-1)11-15-7-9-25-14-15)20-21-19-6-5-16(13-24(19)22-20)18-4-2-10-26-18;3-2(4,5)1(6)7/h2,4-7,9-10,13-14,17H,1,3,8,11-12H2;(H,6,7). The molecule has 1 N–H and O–H groups in total. The molecular formula is C22H21F3N4O3S. The zero-order valence-electron chi connectivity index (χ0n) is 17.4. The van der Waals surface area contributed by atoms with Gasteiger partial charge < -0.3 is 9.52 Å². The number of carboxylic acid groups (broad SMARTS) is 1. The molecule has 1 aliphatic rings. The molecule has 7 nitrogen and oxygen atoms in total. The number of rotatable bonds is 4. The maximum absolute atomic E-state index is 10.6. The van der Waals surface area contributed by atoms with Crippen LogP contribution in [-0.2, 0) is 11.3 Å². The number of carbonyl (C=O) groups is 1. The zero-order chi connectivity index (χ0) is 23.4. The lowest BCUT2D eigenvalue weighted by molar-refractivity contribution is -0.192. The maximum atomic E-state index is 10.6. The van der Waals surface area contributed by atoms with Crippen LogP contribution in [0.4, 0.5) is 13.2 Å². The van der Waals surface area contributed by atoms with Crippen molar-refractivity contribution in [2.24, 2.45) is 0 Å². The molecule has 0 aromatic carbocycles. The molecule has 1 fully saturated rings. The van der Waals surface area contributed by atoms with E-state index in [1.807, 2.05) is 16.8 Å². The van der Waals surface area contributed by atoms with Crippen molar-refractivity contribution in [1.82, 2.24) is 19.5 Å². The van der Waals surface area contributed by atoms with Gasteiger partial charge in [-0.1, -0.05) is 6.07 Å². The third-order valence-electron chi connectivity index (χ3n) is 5.25. The quantitative estimate of drug-likeness (QED) is 0.441. The first-order valence-electron chi connectivity index (χ1n) is 10.2. The van der Waals surface area contributed by atoms with E-state index in [1.165, 1.54) is 22.4 Å². The second-order valence-electron chi connectivity index (χ2n) is 7.68. The van der Waals surface area contributed by atoms with Gasteiger partial charge in [-0.2, -0.15) is 18.3 Å².